The lowest BCUT2D eigenvalue weighted by molar-refractivity contribution is 0.254. The molecule has 0 saturated heterocycles. The largest absolute Gasteiger partial charge is 0.382 e. The standard InChI is InChI=1S/C14H23N3O/c1-5-10(2)11(3)16-12-6-8-13(9-7-12)17-14(18)15-4/h6-11,16H,5H2,1-4H3,(H2,15,17,18). The van der Waals surface area contributed by atoms with Gasteiger partial charge in [0.05, 0.1) is 0 Å². The summed E-state index contributed by atoms with van der Waals surface area (Å²) < 4.78 is 0. The van der Waals surface area contributed by atoms with Gasteiger partial charge in [0.25, 0.3) is 0 Å². The molecular weight excluding hydrogens is 226 g/mol. The maximum atomic E-state index is 11.1. The number of urea groups is 1. The van der Waals surface area contributed by atoms with Crippen LogP contribution in [0.2, 0.25) is 0 Å². The first-order valence-electron chi connectivity index (χ1n) is 6.42. The summed E-state index contributed by atoms with van der Waals surface area (Å²) in [6.07, 6.45) is 1.16. The number of hydrogen-bond donors (Lipinski definition) is 3. The zero-order valence-electron chi connectivity index (χ0n) is 11.6. The lowest BCUT2D eigenvalue weighted by atomic mass is 10.0. The lowest BCUT2D eigenvalue weighted by Crippen LogP contribution is -2.24. The van der Waals surface area contributed by atoms with Crippen molar-refractivity contribution in [3.63, 3.8) is 0 Å². The summed E-state index contributed by atoms with van der Waals surface area (Å²) in [5, 5.41) is 8.70. The van der Waals surface area contributed by atoms with Gasteiger partial charge < -0.3 is 16.0 Å². The Kier molecular flexibility index (Phi) is 5.49. The smallest absolute Gasteiger partial charge is 0.318 e. The summed E-state index contributed by atoms with van der Waals surface area (Å²) in [6, 6.07) is 7.97. The van der Waals surface area contributed by atoms with Crippen LogP contribution < -0.4 is 16.0 Å². The van der Waals surface area contributed by atoms with Crippen molar-refractivity contribution in [3.05, 3.63) is 24.3 Å². The molecule has 3 N–H and O–H groups in total. The van der Waals surface area contributed by atoms with Crippen LogP contribution in [0.25, 0.3) is 0 Å². The first kappa shape index (κ1) is 14.4. The first-order valence-corrected chi connectivity index (χ1v) is 6.42. The highest BCUT2D eigenvalue weighted by Crippen LogP contribution is 2.17. The van der Waals surface area contributed by atoms with Gasteiger partial charge in [0.2, 0.25) is 0 Å². The molecule has 0 heterocycles. The second-order valence-corrected chi connectivity index (χ2v) is 4.60. The van der Waals surface area contributed by atoms with Gasteiger partial charge in [-0.25, -0.2) is 4.79 Å². The second-order valence-electron chi connectivity index (χ2n) is 4.60. The van der Waals surface area contributed by atoms with Crippen molar-refractivity contribution in [1.29, 1.82) is 0 Å². The molecule has 1 aromatic rings. The third-order valence-corrected chi connectivity index (χ3v) is 3.26. The average Bonchev–Trinajstić information content (AvgIpc) is 2.39. The van der Waals surface area contributed by atoms with Crippen molar-refractivity contribution in [2.75, 3.05) is 17.7 Å². The molecule has 0 spiro atoms. The van der Waals surface area contributed by atoms with Crippen LogP contribution in [0.1, 0.15) is 27.2 Å². The van der Waals surface area contributed by atoms with Gasteiger partial charge in [0.15, 0.2) is 0 Å². The molecule has 0 aliphatic rings. The average molecular weight is 249 g/mol. The van der Waals surface area contributed by atoms with Gasteiger partial charge in [-0.2, -0.15) is 0 Å². The molecule has 2 atom stereocenters. The molecule has 0 radical (unpaired) electrons. The fourth-order valence-corrected chi connectivity index (χ4v) is 1.60. The summed E-state index contributed by atoms with van der Waals surface area (Å²) >= 11 is 0. The minimum atomic E-state index is -0.205. The predicted molar refractivity (Wildman–Crippen MR) is 77.1 cm³/mol. The molecule has 1 rings (SSSR count). The molecule has 100 valence electrons. The highest BCUT2D eigenvalue weighted by molar-refractivity contribution is 5.89. The molecule has 18 heavy (non-hydrogen) atoms. The minimum Gasteiger partial charge on any atom is -0.382 e. The Hall–Kier alpha value is -1.71. The zero-order valence-corrected chi connectivity index (χ0v) is 11.6. The SMILES string of the molecule is CCC(C)C(C)Nc1ccc(NC(=O)NC)cc1. The second kappa shape index (κ2) is 6.89. The molecule has 0 bridgehead atoms. The van der Waals surface area contributed by atoms with E-state index in [-0.39, 0.29) is 6.03 Å². The van der Waals surface area contributed by atoms with Gasteiger partial charge in [-0.3, -0.25) is 0 Å². The third kappa shape index (κ3) is 4.28. The summed E-state index contributed by atoms with van der Waals surface area (Å²) in [6.45, 7) is 6.61. The van der Waals surface area contributed by atoms with Gasteiger partial charge in [-0.05, 0) is 37.1 Å². The molecule has 4 heteroatoms. The third-order valence-electron chi connectivity index (χ3n) is 3.26. The highest BCUT2D eigenvalue weighted by Gasteiger charge is 2.09. The van der Waals surface area contributed by atoms with Crippen molar-refractivity contribution < 1.29 is 4.79 Å². The number of benzene rings is 1. The predicted octanol–water partition coefficient (Wildman–Crippen LogP) is 3.28. The molecule has 0 aliphatic carbocycles. The van der Waals surface area contributed by atoms with E-state index >= 15 is 0 Å². The molecule has 0 saturated carbocycles. The molecule has 1 aromatic carbocycles. The van der Waals surface area contributed by atoms with Gasteiger partial charge in [0, 0.05) is 24.5 Å². The van der Waals surface area contributed by atoms with Crippen molar-refractivity contribution >= 4 is 17.4 Å². The Labute approximate surface area is 109 Å². The maximum Gasteiger partial charge on any atom is 0.318 e. The van der Waals surface area contributed by atoms with E-state index in [0.29, 0.717) is 12.0 Å². The Morgan fingerprint density at radius 3 is 2.22 bits per heavy atom. The van der Waals surface area contributed by atoms with Crippen LogP contribution in [-0.2, 0) is 0 Å². The van der Waals surface area contributed by atoms with Crippen molar-refractivity contribution in [2.24, 2.45) is 5.92 Å². The Morgan fingerprint density at radius 1 is 1.17 bits per heavy atom. The number of carbonyl (C=O) groups is 1. The van der Waals surface area contributed by atoms with E-state index < -0.39 is 0 Å². The van der Waals surface area contributed by atoms with Crippen molar-refractivity contribution in [3.8, 4) is 0 Å². The van der Waals surface area contributed by atoms with Gasteiger partial charge >= 0.3 is 6.03 Å². The van der Waals surface area contributed by atoms with Crippen molar-refractivity contribution in [2.45, 2.75) is 33.2 Å². The fraction of sp³-hybridized carbons (Fsp3) is 0.500. The van der Waals surface area contributed by atoms with E-state index in [0.717, 1.165) is 17.8 Å². The van der Waals surface area contributed by atoms with Crippen LogP contribution in [0.15, 0.2) is 24.3 Å². The van der Waals surface area contributed by atoms with Crippen LogP contribution in [0.5, 0.6) is 0 Å². The fourth-order valence-electron chi connectivity index (χ4n) is 1.60. The molecule has 0 aliphatic heterocycles. The van der Waals surface area contributed by atoms with Crippen LogP contribution >= 0.6 is 0 Å². The Bertz CT molecular complexity index is 375. The van der Waals surface area contributed by atoms with Gasteiger partial charge in [-0.15, -0.1) is 0 Å². The normalized spacial score (nSPS) is 13.6. The quantitative estimate of drug-likeness (QED) is 0.750. The van der Waals surface area contributed by atoms with E-state index in [1.54, 1.807) is 7.05 Å². The summed E-state index contributed by atoms with van der Waals surface area (Å²) in [7, 11) is 1.60. The van der Waals surface area contributed by atoms with E-state index in [1.807, 2.05) is 24.3 Å². The molecule has 0 aromatic heterocycles. The van der Waals surface area contributed by atoms with Gasteiger partial charge in [0.1, 0.15) is 0 Å². The van der Waals surface area contributed by atoms with Gasteiger partial charge in [-0.1, -0.05) is 20.3 Å². The molecule has 2 amide bonds. The van der Waals surface area contributed by atoms with E-state index in [9.17, 15) is 4.79 Å². The zero-order chi connectivity index (χ0) is 13.5. The number of anilines is 2. The Balaban J connectivity index is 2.57. The van der Waals surface area contributed by atoms with Crippen LogP contribution in [0.4, 0.5) is 16.2 Å². The summed E-state index contributed by atoms with van der Waals surface area (Å²) in [5.74, 6) is 0.633. The monoisotopic (exact) mass is 249 g/mol. The first-order chi connectivity index (χ1) is 8.56. The topological polar surface area (TPSA) is 53.2 Å². The minimum absolute atomic E-state index is 0.205. The number of amides is 2. The maximum absolute atomic E-state index is 11.1. The lowest BCUT2D eigenvalue weighted by Gasteiger charge is -2.21. The van der Waals surface area contributed by atoms with E-state index in [1.165, 1.54) is 0 Å². The van der Waals surface area contributed by atoms with Crippen LogP contribution in [-0.4, -0.2) is 19.1 Å². The van der Waals surface area contributed by atoms with E-state index in [2.05, 4.69) is 36.7 Å². The number of hydrogen-bond acceptors (Lipinski definition) is 2. The molecule has 4 nitrogen and oxygen atoms in total. The number of carbonyl (C=O) groups excluding carboxylic acids is 1. The number of nitrogens with one attached hydrogen (secondary N) is 3. The number of rotatable bonds is 5. The molecular formula is C14H23N3O. The Morgan fingerprint density at radius 2 is 1.72 bits per heavy atom. The van der Waals surface area contributed by atoms with Crippen molar-refractivity contribution in [1.82, 2.24) is 5.32 Å². The molecule has 2 unspecified atom stereocenters. The van der Waals surface area contributed by atoms with Crippen LogP contribution in [0, 0.1) is 5.92 Å². The van der Waals surface area contributed by atoms with Crippen LogP contribution in [0.3, 0.4) is 0 Å². The summed E-state index contributed by atoms with van der Waals surface area (Å²) in [5.41, 5.74) is 1.86. The van der Waals surface area contributed by atoms with E-state index in [4.69, 9.17) is 0 Å². The summed E-state index contributed by atoms with van der Waals surface area (Å²) in [4.78, 5) is 11.1. The molecule has 0 fully saturated rings. The highest BCUT2D eigenvalue weighted by atomic mass is 16.2.